The van der Waals surface area contributed by atoms with E-state index in [-0.39, 0.29) is 17.9 Å². The van der Waals surface area contributed by atoms with Crippen molar-refractivity contribution in [3.05, 3.63) is 36.2 Å². The first kappa shape index (κ1) is 20.7. The molecule has 3 heterocycles. The van der Waals surface area contributed by atoms with Crippen molar-refractivity contribution >= 4 is 11.8 Å². The number of hydrogen-bond acceptors (Lipinski definition) is 4. The average molecular weight is 414 g/mol. The number of aromatic nitrogens is 1. The summed E-state index contributed by atoms with van der Waals surface area (Å²) in [5, 5.41) is 3.24. The van der Waals surface area contributed by atoms with E-state index < -0.39 is 5.54 Å². The first-order chi connectivity index (χ1) is 14.4. The molecule has 30 heavy (non-hydrogen) atoms. The fourth-order valence-electron chi connectivity index (χ4n) is 4.69. The van der Waals surface area contributed by atoms with E-state index in [0.29, 0.717) is 37.1 Å². The van der Waals surface area contributed by atoms with Gasteiger partial charge in [0.1, 0.15) is 17.0 Å². The van der Waals surface area contributed by atoms with Crippen molar-refractivity contribution < 1.29 is 18.7 Å². The highest BCUT2D eigenvalue weighted by Gasteiger charge is 2.48. The second-order valence-corrected chi connectivity index (χ2v) is 8.82. The van der Waals surface area contributed by atoms with Crippen molar-refractivity contribution in [1.82, 2.24) is 14.8 Å². The number of furan rings is 1. The van der Waals surface area contributed by atoms with Crippen molar-refractivity contribution in [2.75, 3.05) is 20.3 Å². The van der Waals surface area contributed by atoms with Crippen LogP contribution in [-0.2, 0) is 16.1 Å². The number of rotatable bonds is 6. The van der Waals surface area contributed by atoms with Crippen LogP contribution in [0.25, 0.3) is 11.5 Å². The van der Waals surface area contributed by atoms with Crippen LogP contribution in [0.2, 0.25) is 0 Å². The molecule has 0 bridgehead atoms. The maximum Gasteiger partial charge on any atom is 0.271 e. The van der Waals surface area contributed by atoms with E-state index in [1.807, 2.05) is 29.7 Å². The van der Waals surface area contributed by atoms with Crippen LogP contribution in [0, 0.1) is 5.92 Å². The van der Waals surface area contributed by atoms with E-state index in [0.717, 1.165) is 31.4 Å². The Hall–Kier alpha value is -2.54. The summed E-state index contributed by atoms with van der Waals surface area (Å²) in [6, 6.07) is 7.54. The number of hydrogen-bond donors (Lipinski definition) is 1. The monoisotopic (exact) mass is 413 g/mol. The second kappa shape index (κ2) is 8.30. The summed E-state index contributed by atoms with van der Waals surface area (Å²) in [5.74, 6) is 1.13. The molecule has 1 saturated carbocycles. The Kier molecular flexibility index (Phi) is 5.73. The molecule has 0 unspecified atom stereocenters. The zero-order chi connectivity index (χ0) is 21.3. The van der Waals surface area contributed by atoms with Gasteiger partial charge in [0.2, 0.25) is 5.91 Å². The lowest BCUT2D eigenvalue weighted by Crippen LogP contribution is -2.65. The van der Waals surface area contributed by atoms with E-state index in [2.05, 4.69) is 12.2 Å². The summed E-state index contributed by atoms with van der Waals surface area (Å²) < 4.78 is 12.7. The molecular formula is C23H31N3O4. The molecule has 1 aliphatic heterocycles. The van der Waals surface area contributed by atoms with E-state index in [1.54, 1.807) is 24.3 Å². The Morgan fingerprint density at radius 2 is 1.97 bits per heavy atom. The molecule has 1 aliphatic carbocycles. The highest BCUT2D eigenvalue weighted by molar-refractivity contribution is 6.00. The van der Waals surface area contributed by atoms with Crippen LogP contribution in [-0.4, -0.2) is 53.1 Å². The maximum atomic E-state index is 13.5. The number of carbonyl (C=O) groups excluding carboxylic acids is 2. The van der Waals surface area contributed by atoms with Crippen LogP contribution < -0.4 is 5.32 Å². The van der Waals surface area contributed by atoms with Crippen LogP contribution >= 0.6 is 0 Å². The van der Waals surface area contributed by atoms with Gasteiger partial charge in [0, 0.05) is 19.7 Å². The lowest BCUT2D eigenvalue weighted by Gasteiger charge is -2.45. The predicted molar refractivity (Wildman–Crippen MR) is 113 cm³/mol. The Morgan fingerprint density at radius 1 is 1.23 bits per heavy atom. The van der Waals surface area contributed by atoms with Crippen molar-refractivity contribution in [1.29, 1.82) is 0 Å². The summed E-state index contributed by atoms with van der Waals surface area (Å²) >= 11 is 0. The third-order valence-electron chi connectivity index (χ3n) is 6.64. The molecule has 1 atom stereocenters. The quantitative estimate of drug-likeness (QED) is 0.788. The lowest BCUT2D eigenvalue weighted by molar-refractivity contribution is -0.134. The van der Waals surface area contributed by atoms with Crippen LogP contribution in [0.1, 0.15) is 50.0 Å². The second-order valence-electron chi connectivity index (χ2n) is 8.82. The van der Waals surface area contributed by atoms with Gasteiger partial charge >= 0.3 is 0 Å². The molecule has 7 nitrogen and oxygen atoms in total. The molecule has 2 aromatic heterocycles. The van der Waals surface area contributed by atoms with Gasteiger partial charge < -0.3 is 23.9 Å². The topological polar surface area (TPSA) is 76.7 Å². The number of fused-ring (bicyclic) bond motifs is 1. The first-order valence-electron chi connectivity index (χ1n) is 10.8. The summed E-state index contributed by atoms with van der Waals surface area (Å²) in [6.45, 7) is 5.23. The van der Waals surface area contributed by atoms with Gasteiger partial charge in [-0.25, -0.2) is 0 Å². The average Bonchev–Trinajstić information content (AvgIpc) is 3.39. The van der Waals surface area contributed by atoms with Gasteiger partial charge in [-0.3, -0.25) is 9.59 Å². The van der Waals surface area contributed by atoms with Crippen molar-refractivity contribution in [3.8, 4) is 11.5 Å². The minimum atomic E-state index is -1.01. The fourth-order valence-corrected chi connectivity index (χ4v) is 4.69. The molecule has 2 aromatic rings. The van der Waals surface area contributed by atoms with Crippen molar-refractivity contribution in [2.45, 2.75) is 57.7 Å². The molecule has 0 radical (unpaired) electrons. The molecule has 7 heteroatoms. The van der Waals surface area contributed by atoms with Crippen LogP contribution in [0.4, 0.5) is 0 Å². The Labute approximate surface area is 177 Å². The SMILES string of the molecule is COCCN1C(=O)c2ccc(-c3ccco3)n2C[C@@]1(C)C(=O)NC1CCC(C)CC1. The number of amides is 2. The number of carbonyl (C=O) groups is 2. The van der Waals surface area contributed by atoms with Gasteiger partial charge in [-0.2, -0.15) is 0 Å². The molecular weight excluding hydrogens is 382 g/mol. The first-order valence-corrected chi connectivity index (χ1v) is 10.8. The predicted octanol–water partition coefficient (Wildman–Crippen LogP) is 3.30. The molecule has 2 aliphatic rings. The molecule has 1 fully saturated rings. The van der Waals surface area contributed by atoms with Gasteiger partial charge in [0.25, 0.3) is 5.91 Å². The van der Waals surface area contributed by atoms with Gasteiger partial charge in [0.15, 0.2) is 0 Å². The third-order valence-corrected chi connectivity index (χ3v) is 6.64. The maximum absolute atomic E-state index is 13.5. The Morgan fingerprint density at radius 3 is 2.63 bits per heavy atom. The van der Waals surface area contributed by atoms with Gasteiger partial charge in [-0.1, -0.05) is 6.92 Å². The number of nitrogens with zero attached hydrogens (tertiary/aromatic N) is 2. The van der Waals surface area contributed by atoms with E-state index in [1.165, 1.54) is 0 Å². The number of nitrogens with one attached hydrogen (secondary N) is 1. The van der Waals surface area contributed by atoms with Crippen LogP contribution in [0.5, 0.6) is 0 Å². The van der Waals surface area contributed by atoms with Crippen molar-refractivity contribution in [3.63, 3.8) is 0 Å². The van der Waals surface area contributed by atoms with Crippen molar-refractivity contribution in [2.24, 2.45) is 5.92 Å². The molecule has 2 amide bonds. The minimum Gasteiger partial charge on any atom is -0.463 e. The third kappa shape index (κ3) is 3.67. The summed E-state index contributed by atoms with van der Waals surface area (Å²) in [5.41, 5.74) is 0.362. The minimum absolute atomic E-state index is 0.101. The van der Waals surface area contributed by atoms with E-state index in [9.17, 15) is 9.59 Å². The lowest BCUT2D eigenvalue weighted by atomic mass is 9.86. The van der Waals surface area contributed by atoms with Crippen LogP contribution in [0.3, 0.4) is 0 Å². The summed E-state index contributed by atoms with van der Waals surface area (Å²) in [4.78, 5) is 28.6. The Bertz CT molecular complexity index is 896. The normalized spacial score (nSPS) is 26.5. The molecule has 1 N–H and O–H groups in total. The molecule has 0 aromatic carbocycles. The summed E-state index contributed by atoms with van der Waals surface area (Å²) in [6.07, 6.45) is 5.83. The molecule has 0 spiro atoms. The van der Waals surface area contributed by atoms with E-state index >= 15 is 0 Å². The molecule has 4 rings (SSSR count). The smallest absolute Gasteiger partial charge is 0.271 e. The summed E-state index contributed by atoms with van der Waals surface area (Å²) in [7, 11) is 1.60. The number of ether oxygens (including phenoxy) is 1. The van der Waals surface area contributed by atoms with Crippen LogP contribution in [0.15, 0.2) is 34.9 Å². The molecule has 0 saturated heterocycles. The van der Waals surface area contributed by atoms with Gasteiger partial charge in [-0.15, -0.1) is 0 Å². The molecule has 162 valence electrons. The highest BCUT2D eigenvalue weighted by Crippen LogP contribution is 2.33. The number of methoxy groups -OCH3 is 1. The largest absolute Gasteiger partial charge is 0.463 e. The zero-order valence-corrected chi connectivity index (χ0v) is 18.0. The Balaban J connectivity index is 1.65. The standard InChI is InChI=1S/C23H31N3O4/c1-16-6-8-17(9-7-16)24-22(28)23(2)15-25-18(20-5-4-13-30-20)10-11-19(25)21(27)26(23)12-14-29-3/h4-5,10-11,13,16-17H,6-9,12,14-15H2,1-3H3,(H,24,28)/t16?,17?,23-/m0/s1. The van der Waals surface area contributed by atoms with E-state index in [4.69, 9.17) is 9.15 Å². The van der Waals surface area contributed by atoms with Gasteiger partial charge in [-0.05, 0) is 62.8 Å². The fraction of sp³-hybridized carbons (Fsp3) is 0.565. The highest BCUT2D eigenvalue weighted by atomic mass is 16.5. The zero-order valence-electron chi connectivity index (χ0n) is 18.0. The van der Waals surface area contributed by atoms with Gasteiger partial charge in [0.05, 0.1) is 25.1 Å².